The van der Waals surface area contributed by atoms with E-state index < -0.39 is 11.6 Å². The topological polar surface area (TPSA) is 84.7 Å². The van der Waals surface area contributed by atoms with Crippen molar-refractivity contribution in [1.82, 2.24) is 15.2 Å². The van der Waals surface area contributed by atoms with E-state index in [0.717, 1.165) is 10.5 Å². The van der Waals surface area contributed by atoms with E-state index in [1.54, 1.807) is 44.5 Å². The second kappa shape index (κ2) is 6.84. The van der Waals surface area contributed by atoms with E-state index in [0.29, 0.717) is 23.0 Å². The highest BCUT2D eigenvalue weighted by atomic mass is 16.5. The molecule has 2 heterocycles. The first-order valence-corrected chi connectivity index (χ1v) is 8.80. The fourth-order valence-corrected chi connectivity index (χ4v) is 3.22. The van der Waals surface area contributed by atoms with Gasteiger partial charge in [0.25, 0.3) is 5.91 Å². The van der Waals surface area contributed by atoms with Crippen molar-refractivity contribution in [2.75, 3.05) is 7.11 Å². The molecule has 1 saturated heterocycles. The van der Waals surface area contributed by atoms with Gasteiger partial charge in [-0.15, -0.1) is 0 Å². The number of rotatable bonds is 5. The van der Waals surface area contributed by atoms with Gasteiger partial charge in [0.05, 0.1) is 13.3 Å². The van der Waals surface area contributed by atoms with Gasteiger partial charge in [0.15, 0.2) is 5.76 Å². The van der Waals surface area contributed by atoms with Gasteiger partial charge in [0.1, 0.15) is 17.8 Å². The van der Waals surface area contributed by atoms with Crippen LogP contribution in [0.25, 0.3) is 11.3 Å². The van der Waals surface area contributed by atoms with Crippen molar-refractivity contribution in [3.8, 4) is 17.1 Å². The fraction of sp³-hybridized carbons (Fsp3) is 0.190. The van der Waals surface area contributed by atoms with E-state index >= 15 is 0 Å². The van der Waals surface area contributed by atoms with Gasteiger partial charge in [-0.1, -0.05) is 42.5 Å². The molecule has 7 heteroatoms. The number of hydrogen-bond acceptors (Lipinski definition) is 5. The van der Waals surface area contributed by atoms with Crippen molar-refractivity contribution in [1.29, 1.82) is 0 Å². The minimum Gasteiger partial charge on any atom is -0.497 e. The molecule has 1 aromatic heterocycles. The summed E-state index contributed by atoms with van der Waals surface area (Å²) < 4.78 is 10.9. The molecule has 1 fully saturated rings. The summed E-state index contributed by atoms with van der Waals surface area (Å²) in [7, 11) is 1.57. The minimum atomic E-state index is -1.15. The number of methoxy groups -OCH3 is 1. The number of amides is 3. The summed E-state index contributed by atoms with van der Waals surface area (Å²) >= 11 is 0. The third-order valence-electron chi connectivity index (χ3n) is 4.85. The van der Waals surface area contributed by atoms with E-state index in [1.807, 2.05) is 30.3 Å². The Bertz CT molecular complexity index is 1010. The molecule has 7 nitrogen and oxygen atoms in total. The van der Waals surface area contributed by atoms with Crippen LogP contribution in [0.2, 0.25) is 0 Å². The summed E-state index contributed by atoms with van der Waals surface area (Å²) in [6, 6.07) is 16.1. The molecule has 1 aliphatic rings. The SMILES string of the molecule is COc1ccc(C2(C)NC(=O)N(Cc3ncc(-c4ccccc4)o3)C2=O)cc1. The standard InChI is InChI=1S/C21H19N3O4/c1-21(15-8-10-16(27-2)11-9-15)19(25)24(20(26)23-21)13-18-22-12-17(28-18)14-6-4-3-5-7-14/h3-12H,13H2,1-2H3,(H,23,26). The molecule has 3 amide bonds. The average molecular weight is 377 g/mol. The van der Waals surface area contributed by atoms with Crippen molar-refractivity contribution in [2.45, 2.75) is 19.0 Å². The lowest BCUT2D eigenvalue weighted by molar-refractivity contribution is -0.131. The molecule has 0 spiro atoms. The number of urea groups is 1. The Balaban J connectivity index is 1.55. The molecule has 3 aromatic rings. The molecule has 2 aromatic carbocycles. The molecule has 0 bridgehead atoms. The van der Waals surface area contributed by atoms with Gasteiger partial charge in [-0.25, -0.2) is 9.78 Å². The Labute approximate surface area is 161 Å². The third kappa shape index (κ3) is 3.00. The van der Waals surface area contributed by atoms with Crippen LogP contribution >= 0.6 is 0 Å². The van der Waals surface area contributed by atoms with Gasteiger partial charge in [-0.05, 0) is 24.6 Å². The number of ether oxygens (including phenoxy) is 1. The Hall–Kier alpha value is -3.61. The lowest BCUT2D eigenvalue weighted by atomic mass is 9.92. The maximum absolute atomic E-state index is 13.0. The minimum absolute atomic E-state index is 0.0384. The Morgan fingerprint density at radius 2 is 1.82 bits per heavy atom. The monoisotopic (exact) mass is 377 g/mol. The first-order chi connectivity index (χ1) is 13.5. The van der Waals surface area contributed by atoms with Crippen LogP contribution in [0.4, 0.5) is 4.79 Å². The van der Waals surface area contributed by atoms with Crippen LogP contribution in [0, 0.1) is 0 Å². The van der Waals surface area contributed by atoms with Crippen LogP contribution < -0.4 is 10.1 Å². The van der Waals surface area contributed by atoms with Crippen molar-refractivity contribution >= 4 is 11.9 Å². The second-order valence-electron chi connectivity index (χ2n) is 6.66. The molecule has 4 rings (SSSR count). The molecular weight excluding hydrogens is 358 g/mol. The maximum Gasteiger partial charge on any atom is 0.325 e. The van der Waals surface area contributed by atoms with Crippen LogP contribution in [0.3, 0.4) is 0 Å². The lowest BCUT2D eigenvalue weighted by Crippen LogP contribution is -2.40. The highest BCUT2D eigenvalue weighted by molar-refractivity contribution is 6.07. The number of nitrogens with one attached hydrogen (secondary N) is 1. The molecule has 0 aliphatic carbocycles. The highest BCUT2D eigenvalue weighted by Gasteiger charge is 2.49. The molecule has 28 heavy (non-hydrogen) atoms. The highest BCUT2D eigenvalue weighted by Crippen LogP contribution is 2.31. The van der Waals surface area contributed by atoms with E-state index in [-0.39, 0.29) is 12.5 Å². The van der Waals surface area contributed by atoms with Crippen LogP contribution in [0.1, 0.15) is 18.4 Å². The molecule has 0 radical (unpaired) electrons. The van der Waals surface area contributed by atoms with Gasteiger partial charge in [0.2, 0.25) is 5.89 Å². The molecular formula is C21H19N3O4. The zero-order chi connectivity index (χ0) is 19.7. The summed E-state index contributed by atoms with van der Waals surface area (Å²) in [5.74, 6) is 1.19. The summed E-state index contributed by atoms with van der Waals surface area (Å²) in [6.45, 7) is 1.64. The first kappa shape index (κ1) is 17.8. The molecule has 1 atom stereocenters. The predicted octanol–water partition coefficient (Wildman–Crippen LogP) is 3.32. The summed E-state index contributed by atoms with van der Waals surface area (Å²) in [5.41, 5.74) is 0.395. The van der Waals surface area contributed by atoms with Gasteiger partial charge in [-0.2, -0.15) is 0 Å². The molecule has 1 aliphatic heterocycles. The van der Waals surface area contributed by atoms with Crippen molar-refractivity contribution in [2.24, 2.45) is 0 Å². The van der Waals surface area contributed by atoms with Gasteiger partial charge in [-0.3, -0.25) is 9.69 Å². The quantitative estimate of drug-likeness (QED) is 0.690. The Kier molecular flexibility index (Phi) is 4.35. The second-order valence-corrected chi connectivity index (χ2v) is 6.66. The largest absolute Gasteiger partial charge is 0.497 e. The van der Waals surface area contributed by atoms with E-state index in [4.69, 9.17) is 9.15 Å². The summed E-state index contributed by atoms with van der Waals surface area (Å²) in [6.07, 6.45) is 1.59. The molecule has 0 saturated carbocycles. The number of carbonyl (C=O) groups excluding carboxylic acids is 2. The smallest absolute Gasteiger partial charge is 0.325 e. The Morgan fingerprint density at radius 3 is 2.50 bits per heavy atom. The molecule has 1 unspecified atom stereocenters. The molecule has 1 N–H and O–H groups in total. The normalized spacial score (nSPS) is 19.0. The first-order valence-electron chi connectivity index (χ1n) is 8.80. The zero-order valence-corrected chi connectivity index (χ0v) is 15.5. The lowest BCUT2D eigenvalue weighted by Gasteiger charge is -2.22. The Morgan fingerprint density at radius 1 is 1.11 bits per heavy atom. The maximum atomic E-state index is 13.0. The predicted molar refractivity (Wildman–Crippen MR) is 101 cm³/mol. The number of aromatic nitrogens is 1. The number of oxazole rings is 1. The van der Waals surface area contributed by atoms with Crippen LogP contribution in [0.5, 0.6) is 5.75 Å². The zero-order valence-electron chi connectivity index (χ0n) is 15.5. The molecule has 142 valence electrons. The van der Waals surface area contributed by atoms with Crippen molar-refractivity contribution in [3.63, 3.8) is 0 Å². The van der Waals surface area contributed by atoms with Gasteiger partial charge >= 0.3 is 6.03 Å². The number of carbonyl (C=O) groups is 2. The van der Waals surface area contributed by atoms with Crippen LogP contribution in [0.15, 0.2) is 65.2 Å². The number of benzene rings is 2. The van der Waals surface area contributed by atoms with E-state index in [9.17, 15) is 9.59 Å². The van der Waals surface area contributed by atoms with Gasteiger partial charge < -0.3 is 14.5 Å². The van der Waals surface area contributed by atoms with Crippen molar-refractivity contribution in [3.05, 3.63) is 72.2 Å². The number of hydrogen-bond donors (Lipinski definition) is 1. The van der Waals surface area contributed by atoms with Gasteiger partial charge in [0, 0.05) is 5.56 Å². The van der Waals surface area contributed by atoms with Crippen molar-refractivity contribution < 1.29 is 18.7 Å². The average Bonchev–Trinajstić information content (AvgIpc) is 3.28. The number of nitrogens with zero attached hydrogens (tertiary/aromatic N) is 2. The number of imide groups is 1. The third-order valence-corrected chi connectivity index (χ3v) is 4.85. The van der Waals surface area contributed by atoms with Crippen LogP contribution in [-0.4, -0.2) is 28.9 Å². The fourth-order valence-electron chi connectivity index (χ4n) is 3.22. The summed E-state index contributed by atoms with van der Waals surface area (Å²) in [4.78, 5) is 30.8. The van der Waals surface area contributed by atoms with E-state index in [1.165, 1.54) is 0 Å². The summed E-state index contributed by atoms with van der Waals surface area (Å²) in [5, 5.41) is 2.77. The van der Waals surface area contributed by atoms with Crippen LogP contribution in [-0.2, 0) is 16.9 Å². The van der Waals surface area contributed by atoms with E-state index in [2.05, 4.69) is 10.3 Å².